The van der Waals surface area contributed by atoms with Crippen molar-refractivity contribution < 1.29 is 4.74 Å². The van der Waals surface area contributed by atoms with Gasteiger partial charge in [0.25, 0.3) is 0 Å². The molecule has 3 heteroatoms. The fraction of sp³-hybridized carbons (Fsp3) is 0.455. The van der Waals surface area contributed by atoms with Crippen molar-refractivity contribution in [3.8, 4) is 0 Å². The van der Waals surface area contributed by atoms with Gasteiger partial charge >= 0.3 is 0 Å². The summed E-state index contributed by atoms with van der Waals surface area (Å²) in [5.74, 6) is 1.11. The zero-order chi connectivity index (χ0) is 9.43. The lowest BCUT2D eigenvalue weighted by atomic mass is 9.98. The molecule has 0 amide bonds. The smallest absolute Gasteiger partial charge is 0.152 e. The molecule has 1 atom stereocenters. The Hall–Kier alpha value is -0.510. The van der Waals surface area contributed by atoms with E-state index in [1.165, 1.54) is 11.1 Å². The van der Waals surface area contributed by atoms with E-state index in [1.54, 1.807) is 0 Å². The maximum atomic E-state index is 5.91. The van der Waals surface area contributed by atoms with E-state index in [-0.39, 0.29) is 4.93 Å². The van der Waals surface area contributed by atoms with Crippen LogP contribution in [0.2, 0.25) is 0 Å². The molecule has 74 valence electrons. The summed E-state index contributed by atoms with van der Waals surface area (Å²) >= 11 is 1.92. The molecule has 2 aliphatic rings. The Labute approximate surface area is 88.0 Å². The third-order valence-corrected chi connectivity index (χ3v) is 4.17. The van der Waals surface area contributed by atoms with Crippen LogP contribution < -0.4 is 5.32 Å². The molecule has 1 N–H and O–H groups in total. The zero-order valence-electron chi connectivity index (χ0n) is 7.95. The van der Waals surface area contributed by atoms with E-state index in [0.29, 0.717) is 0 Å². The highest BCUT2D eigenvalue weighted by Gasteiger charge is 2.41. The molecule has 0 bridgehead atoms. The summed E-state index contributed by atoms with van der Waals surface area (Å²) in [5, 5.41) is 3.43. The van der Waals surface area contributed by atoms with Crippen LogP contribution in [0.1, 0.15) is 11.1 Å². The first-order chi connectivity index (χ1) is 6.91. The zero-order valence-corrected chi connectivity index (χ0v) is 8.77. The topological polar surface area (TPSA) is 21.3 Å². The highest BCUT2D eigenvalue weighted by Crippen LogP contribution is 2.44. The van der Waals surface area contributed by atoms with Crippen LogP contribution in [0, 0.1) is 0 Å². The van der Waals surface area contributed by atoms with E-state index in [0.717, 1.165) is 25.4 Å². The van der Waals surface area contributed by atoms with E-state index in [1.807, 2.05) is 11.8 Å². The van der Waals surface area contributed by atoms with Crippen LogP contribution in [0.25, 0.3) is 0 Å². The molecule has 3 rings (SSSR count). The lowest BCUT2D eigenvalue weighted by molar-refractivity contribution is 0.0435. The third-order valence-electron chi connectivity index (χ3n) is 2.85. The van der Waals surface area contributed by atoms with Gasteiger partial charge in [0, 0.05) is 18.8 Å². The Bertz CT molecular complexity index is 347. The molecule has 0 aliphatic carbocycles. The molecule has 2 aliphatic heterocycles. The largest absolute Gasteiger partial charge is 0.358 e. The Morgan fingerprint density at radius 3 is 3.14 bits per heavy atom. The molecule has 14 heavy (non-hydrogen) atoms. The second kappa shape index (κ2) is 3.26. The van der Waals surface area contributed by atoms with Crippen molar-refractivity contribution in [2.45, 2.75) is 11.5 Å². The summed E-state index contributed by atoms with van der Waals surface area (Å²) in [6.07, 6.45) is 0. The lowest BCUT2D eigenvalue weighted by Gasteiger charge is -2.34. The normalized spacial score (nSPS) is 30.6. The SMILES string of the molecule is c1ccc2c(c1)CNCC21OCCS1. The molecular formula is C11H13NOS. The van der Waals surface area contributed by atoms with Crippen molar-refractivity contribution in [1.29, 1.82) is 0 Å². The van der Waals surface area contributed by atoms with E-state index in [9.17, 15) is 0 Å². The highest BCUT2D eigenvalue weighted by molar-refractivity contribution is 8.00. The van der Waals surface area contributed by atoms with Crippen molar-refractivity contribution in [3.05, 3.63) is 35.4 Å². The maximum absolute atomic E-state index is 5.91. The number of thioether (sulfide) groups is 1. The molecule has 2 nitrogen and oxygen atoms in total. The van der Waals surface area contributed by atoms with Gasteiger partial charge in [0.15, 0.2) is 4.93 Å². The summed E-state index contributed by atoms with van der Waals surface area (Å²) in [7, 11) is 0. The van der Waals surface area contributed by atoms with Gasteiger partial charge in [-0.05, 0) is 11.1 Å². The monoisotopic (exact) mass is 207 g/mol. The molecule has 1 saturated heterocycles. The molecule has 0 aromatic heterocycles. The summed E-state index contributed by atoms with van der Waals surface area (Å²) in [4.78, 5) is -0.0884. The van der Waals surface area contributed by atoms with E-state index >= 15 is 0 Å². The fourth-order valence-electron chi connectivity index (χ4n) is 2.22. The van der Waals surface area contributed by atoms with Crippen LogP contribution >= 0.6 is 11.8 Å². The van der Waals surface area contributed by atoms with Gasteiger partial charge in [0.05, 0.1) is 6.61 Å². The number of ether oxygens (including phenoxy) is 1. The minimum absolute atomic E-state index is 0.0884. The van der Waals surface area contributed by atoms with Crippen LogP contribution in [0.5, 0.6) is 0 Å². The van der Waals surface area contributed by atoms with Crippen LogP contribution in [-0.2, 0) is 16.2 Å². The molecule has 1 aromatic rings. The maximum Gasteiger partial charge on any atom is 0.152 e. The Balaban J connectivity index is 2.10. The molecule has 2 heterocycles. The molecule has 1 aromatic carbocycles. The molecule has 1 unspecified atom stereocenters. The average molecular weight is 207 g/mol. The summed E-state index contributed by atoms with van der Waals surface area (Å²) in [5.41, 5.74) is 2.76. The molecular weight excluding hydrogens is 194 g/mol. The summed E-state index contributed by atoms with van der Waals surface area (Å²) in [6.45, 7) is 2.79. The van der Waals surface area contributed by atoms with Crippen molar-refractivity contribution in [2.24, 2.45) is 0 Å². The summed E-state index contributed by atoms with van der Waals surface area (Å²) in [6, 6.07) is 8.59. The number of benzene rings is 1. The van der Waals surface area contributed by atoms with Gasteiger partial charge in [-0.1, -0.05) is 24.3 Å². The number of nitrogens with one attached hydrogen (secondary N) is 1. The molecule has 1 fully saturated rings. The van der Waals surface area contributed by atoms with Crippen molar-refractivity contribution >= 4 is 11.8 Å². The minimum atomic E-state index is -0.0884. The quantitative estimate of drug-likeness (QED) is 0.699. The molecule has 0 saturated carbocycles. The number of hydrogen-bond donors (Lipinski definition) is 1. The lowest BCUT2D eigenvalue weighted by Crippen LogP contribution is -2.40. The van der Waals surface area contributed by atoms with Crippen LogP contribution in [0.4, 0.5) is 0 Å². The number of fused-ring (bicyclic) bond motifs is 2. The van der Waals surface area contributed by atoms with Crippen LogP contribution in [-0.4, -0.2) is 18.9 Å². The first-order valence-corrected chi connectivity index (χ1v) is 5.96. The highest BCUT2D eigenvalue weighted by atomic mass is 32.2. The standard InChI is InChI=1S/C11H13NOS/c1-2-4-10-9(3-1)7-12-8-11(10)13-5-6-14-11/h1-4,12H,5-8H2. The summed E-state index contributed by atoms with van der Waals surface area (Å²) < 4.78 is 5.91. The third kappa shape index (κ3) is 1.20. The Morgan fingerprint density at radius 1 is 1.36 bits per heavy atom. The first-order valence-electron chi connectivity index (χ1n) is 4.98. The Kier molecular flexibility index (Phi) is 2.04. The molecule has 0 radical (unpaired) electrons. The van der Waals surface area contributed by atoms with Gasteiger partial charge in [-0.3, -0.25) is 0 Å². The predicted molar refractivity (Wildman–Crippen MR) is 58.2 cm³/mol. The van der Waals surface area contributed by atoms with E-state index in [2.05, 4.69) is 29.6 Å². The second-order valence-electron chi connectivity index (χ2n) is 3.71. The van der Waals surface area contributed by atoms with Gasteiger partial charge in [0.2, 0.25) is 0 Å². The van der Waals surface area contributed by atoms with Crippen LogP contribution in [0.15, 0.2) is 24.3 Å². The van der Waals surface area contributed by atoms with Gasteiger partial charge in [-0.15, -0.1) is 11.8 Å². The number of hydrogen-bond acceptors (Lipinski definition) is 3. The van der Waals surface area contributed by atoms with E-state index in [4.69, 9.17) is 4.74 Å². The first kappa shape index (κ1) is 8.77. The minimum Gasteiger partial charge on any atom is -0.358 e. The fourth-order valence-corrected chi connectivity index (χ4v) is 3.44. The van der Waals surface area contributed by atoms with Crippen molar-refractivity contribution in [1.82, 2.24) is 5.32 Å². The second-order valence-corrected chi connectivity index (χ2v) is 5.07. The van der Waals surface area contributed by atoms with Gasteiger partial charge < -0.3 is 10.1 Å². The molecule has 1 spiro atoms. The van der Waals surface area contributed by atoms with Crippen molar-refractivity contribution in [3.63, 3.8) is 0 Å². The average Bonchev–Trinajstić information content (AvgIpc) is 2.68. The van der Waals surface area contributed by atoms with Gasteiger partial charge in [-0.2, -0.15) is 0 Å². The predicted octanol–water partition coefficient (Wildman–Crippen LogP) is 1.71. The van der Waals surface area contributed by atoms with Crippen LogP contribution in [0.3, 0.4) is 0 Å². The Morgan fingerprint density at radius 2 is 2.29 bits per heavy atom. The van der Waals surface area contributed by atoms with Gasteiger partial charge in [-0.25, -0.2) is 0 Å². The van der Waals surface area contributed by atoms with Crippen molar-refractivity contribution in [2.75, 3.05) is 18.9 Å². The van der Waals surface area contributed by atoms with E-state index < -0.39 is 0 Å². The van der Waals surface area contributed by atoms with Gasteiger partial charge in [0.1, 0.15) is 0 Å². The number of rotatable bonds is 0.